The van der Waals surface area contributed by atoms with Gasteiger partial charge in [0.25, 0.3) is 5.76 Å². The van der Waals surface area contributed by atoms with Crippen LogP contribution in [-0.4, -0.2) is 11.7 Å². The van der Waals surface area contributed by atoms with E-state index in [1.807, 2.05) is 16.8 Å². The van der Waals surface area contributed by atoms with Crippen LogP contribution in [0.3, 0.4) is 0 Å². The summed E-state index contributed by atoms with van der Waals surface area (Å²) in [6.07, 6.45) is 0.912. The molecule has 1 amide bonds. The number of rotatable bonds is 6. The molecule has 0 aliphatic carbocycles. The first-order valence-corrected chi connectivity index (χ1v) is 8.30. The van der Waals surface area contributed by atoms with Gasteiger partial charge in [-0.05, 0) is 40.9 Å². The van der Waals surface area contributed by atoms with Gasteiger partial charge in [0.2, 0.25) is 5.91 Å². The summed E-state index contributed by atoms with van der Waals surface area (Å²) >= 11 is 7.81. The number of carbonyl (C=O) groups is 1. The predicted octanol–water partition coefficient (Wildman–Crippen LogP) is 5.29. The number of benzene rings is 1. The number of halogens is 3. The van der Waals surface area contributed by atoms with Crippen molar-refractivity contribution in [1.29, 1.82) is 0 Å². The van der Waals surface area contributed by atoms with Crippen molar-refractivity contribution in [3.8, 4) is 0 Å². The van der Waals surface area contributed by atoms with Crippen LogP contribution in [-0.2, 0) is 11.2 Å². The van der Waals surface area contributed by atoms with Gasteiger partial charge in [-0.1, -0.05) is 29.4 Å². The van der Waals surface area contributed by atoms with E-state index in [9.17, 15) is 13.6 Å². The van der Waals surface area contributed by atoms with Gasteiger partial charge in [0, 0.05) is 6.42 Å². The third-order valence-corrected chi connectivity index (χ3v) is 4.68. The minimum absolute atomic E-state index is 0.193. The molecule has 0 atom stereocenters. The van der Waals surface area contributed by atoms with Crippen LogP contribution in [0, 0.1) is 0 Å². The van der Waals surface area contributed by atoms with E-state index in [1.54, 1.807) is 23.5 Å². The van der Waals surface area contributed by atoms with Gasteiger partial charge < -0.3 is 5.32 Å². The van der Waals surface area contributed by atoms with Crippen molar-refractivity contribution in [2.75, 3.05) is 5.32 Å². The number of hydrogen-bond acceptors (Lipinski definition) is 3. The molecule has 1 N–H and O–H groups in total. The molecule has 0 bridgehead atoms. The number of alkyl halides is 2. The molecule has 1 aromatic carbocycles. The van der Waals surface area contributed by atoms with Gasteiger partial charge in [-0.3, -0.25) is 4.79 Å². The third kappa shape index (κ3) is 4.98. The molecule has 0 saturated carbocycles. The van der Waals surface area contributed by atoms with Gasteiger partial charge >= 0.3 is 0 Å². The minimum atomic E-state index is -2.59. The molecular formula is C14H12ClF2NOS2. The Balaban J connectivity index is 2.01. The highest BCUT2D eigenvalue weighted by Gasteiger charge is 2.15. The van der Waals surface area contributed by atoms with E-state index >= 15 is 0 Å². The van der Waals surface area contributed by atoms with Crippen molar-refractivity contribution < 1.29 is 13.6 Å². The fraction of sp³-hybridized carbons (Fsp3) is 0.214. The highest BCUT2D eigenvalue weighted by atomic mass is 35.5. The molecule has 112 valence electrons. The summed E-state index contributed by atoms with van der Waals surface area (Å²) in [6.45, 7) is 0. The molecule has 0 aliphatic rings. The molecule has 2 nitrogen and oxygen atoms in total. The first kappa shape index (κ1) is 16.3. The maximum atomic E-state index is 12.5. The molecule has 0 radical (unpaired) electrons. The second-order valence-electron chi connectivity index (χ2n) is 4.17. The summed E-state index contributed by atoms with van der Waals surface area (Å²) in [5.41, 5.74) is 1.41. The van der Waals surface area contributed by atoms with E-state index in [1.165, 1.54) is 6.07 Å². The number of anilines is 1. The number of nitrogens with one attached hydrogen (secondary N) is 1. The molecule has 0 saturated heterocycles. The van der Waals surface area contributed by atoms with Crippen LogP contribution in [0.5, 0.6) is 0 Å². The molecule has 7 heteroatoms. The van der Waals surface area contributed by atoms with E-state index in [0.29, 0.717) is 30.3 Å². The standard InChI is InChI=1S/C14H12ClF2NOS2/c15-10-2-1-3-11(13(10)21-14(16)17)18-12(19)5-4-9-6-7-20-8-9/h1-3,6-8,14H,4-5H2,(H,18,19). The van der Waals surface area contributed by atoms with E-state index < -0.39 is 5.76 Å². The Morgan fingerprint density at radius 2 is 2.19 bits per heavy atom. The fourth-order valence-corrected chi connectivity index (χ4v) is 3.34. The summed E-state index contributed by atoms with van der Waals surface area (Å²) in [7, 11) is 0. The Hall–Kier alpha value is -1.11. The van der Waals surface area contributed by atoms with Crippen LogP contribution in [0.2, 0.25) is 5.02 Å². The number of amides is 1. The molecule has 21 heavy (non-hydrogen) atoms. The number of thioether (sulfide) groups is 1. The summed E-state index contributed by atoms with van der Waals surface area (Å²) in [5, 5.41) is 6.77. The second-order valence-corrected chi connectivity index (χ2v) is 6.36. The Kier molecular flexibility index (Phi) is 6.02. The van der Waals surface area contributed by atoms with Crippen molar-refractivity contribution in [3.63, 3.8) is 0 Å². The average Bonchev–Trinajstić information content (AvgIpc) is 2.93. The molecule has 0 aliphatic heterocycles. The number of thiophene rings is 1. The molecular weight excluding hydrogens is 336 g/mol. The maximum Gasteiger partial charge on any atom is 0.289 e. The van der Waals surface area contributed by atoms with Gasteiger partial charge in [-0.2, -0.15) is 20.1 Å². The maximum absolute atomic E-state index is 12.5. The lowest BCUT2D eigenvalue weighted by Gasteiger charge is -2.11. The highest BCUT2D eigenvalue weighted by Crippen LogP contribution is 2.37. The first-order valence-electron chi connectivity index (χ1n) is 6.10. The van der Waals surface area contributed by atoms with Crippen molar-refractivity contribution >= 4 is 46.3 Å². The number of carbonyl (C=O) groups excluding carboxylic acids is 1. The minimum Gasteiger partial charge on any atom is -0.325 e. The smallest absolute Gasteiger partial charge is 0.289 e. The monoisotopic (exact) mass is 347 g/mol. The van der Waals surface area contributed by atoms with Crippen molar-refractivity contribution in [3.05, 3.63) is 45.6 Å². The fourth-order valence-electron chi connectivity index (χ4n) is 1.72. The van der Waals surface area contributed by atoms with Crippen LogP contribution in [0.1, 0.15) is 12.0 Å². The van der Waals surface area contributed by atoms with Crippen LogP contribution in [0.4, 0.5) is 14.5 Å². The normalized spacial score (nSPS) is 10.9. The van der Waals surface area contributed by atoms with Crippen LogP contribution in [0.15, 0.2) is 39.9 Å². The van der Waals surface area contributed by atoms with Crippen molar-refractivity contribution in [1.82, 2.24) is 0 Å². The molecule has 0 unspecified atom stereocenters. The Morgan fingerprint density at radius 1 is 1.38 bits per heavy atom. The van der Waals surface area contributed by atoms with Crippen molar-refractivity contribution in [2.24, 2.45) is 0 Å². The Bertz CT molecular complexity index is 605. The van der Waals surface area contributed by atoms with Gasteiger partial charge in [0.1, 0.15) is 0 Å². The van der Waals surface area contributed by atoms with E-state index in [4.69, 9.17) is 11.6 Å². The van der Waals surface area contributed by atoms with Crippen LogP contribution < -0.4 is 5.32 Å². The summed E-state index contributed by atoms with van der Waals surface area (Å²) < 4.78 is 25.1. The number of aryl methyl sites for hydroxylation is 1. The zero-order valence-corrected chi connectivity index (χ0v) is 13.2. The van der Waals surface area contributed by atoms with Gasteiger partial charge in [0.15, 0.2) is 0 Å². The summed E-state index contributed by atoms with van der Waals surface area (Å²) in [6, 6.07) is 6.66. The van der Waals surface area contributed by atoms with E-state index in [0.717, 1.165) is 5.56 Å². The lowest BCUT2D eigenvalue weighted by molar-refractivity contribution is -0.116. The quantitative estimate of drug-likeness (QED) is 0.719. The number of hydrogen-bond donors (Lipinski definition) is 1. The first-order chi connectivity index (χ1) is 10.1. The predicted molar refractivity (Wildman–Crippen MR) is 84.6 cm³/mol. The Morgan fingerprint density at radius 3 is 2.86 bits per heavy atom. The molecule has 2 rings (SSSR count). The van der Waals surface area contributed by atoms with Crippen LogP contribution in [0.25, 0.3) is 0 Å². The average molecular weight is 348 g/mol. The lowest BCUT2D eigenvalue weighted by atomic mass is 10.2. The van der Waals surface area contributed by atoms with Gasteiger partial charge in [0.05, 0.1) is 15.6 Å². The van der Waals surface area contributed by atoms with Crippen molar-refractivity contribution in [2.45, 2.75) is 23.5 Å². The molecule has 2 aromatic rings. The molecule has 1 aromatic heterocycles. The van der Waals surface area contributed by atoms with Crippen LogP contribution >= 0.6 is 34.7 Å². The summed E-state index contributed by atoms with van der Waals surface area (Å²) in [5.74, 6) is -2.81. The summed E-state index contributed by atoms with van der Waals surface area (Å²) in [4.78, 5) is 12.1. The topological polar surface area (TPSA) is 29.1 Å². The second kappa shape index (κ2) is 7.77. The third-order valence-electron chi connectivity index (χ3n) is 2.67. The lowest BCUT2D eigenvalue weighted by Crippen LogP contribution is -2.13. The molecule has 0 fully saturated rings. The largest absolute Gasteiger partial charge is 0.325 e. The molecule has 1 heterocycles. The highest BCUT2D eigenvalue weighted by molar-refractivity contribution is 7.99. The SMILES string of the molecule is O=C(CCc1ccsc1)Nc1cccc(Cl)c1SC(F)F. The Labute approximate surface area is 134 Å². The molecule has 0 spiro atoms. The zero-order valence-electron chi connectivity index (χ0n) is 10.8. The van der Waals surface area contributed by atoms with E-state index in [-0.39, 0.29) is 15.8 Å². The van der Waals surface area contributed by atoms with E-state index in [2.05, 4.69) is 5.32 Å². The van der Waals surface area contributed by atoms with Gasteiger partial charge in [-0.15, -0.1) is 0 Å². The van der Waals surface area contributed by atoms with Gasteiger partial charge in [-0.25, -0.2) is 0 Å². The zero-order chi connectivity index (χ0) is 15.2.